The van der Waals surface area contributed by atoms with Gasteiger partial charge in [-0.2, -0.15) is 0 Å². The summed E-state index contributed by atoms with van der Waals surface area (Å²) in [6.07, 6.45) is 3.98. The molecule has 1 fully saturated rings. The maximum Gasteiger partial charge on any atom is 0.154 e. The van der Waals surface area contributed by atoms with Crippen LogP contribution in [0.25, 0.3) is 0 Å². The highest BCUT2D eigenvalue weighted by Crippen LogP contribution is 2.39. The Morgan fingerprint density at radius 3 is 2.75 bits per heavy atom. The molecule has 0 radical (unpaired) electrons. The SMILES string of the molecule is Cc1c(Cl)nc(C2CC2)nc1NC(C)c1nncn1C. The van der Waals surface area contributed by atoms with Gasteiger partial charge in [-0.1, -0.05) is 11.6 Å². The molecule has 20 heavy (non-hydrogen) atoms. The summed E-state index contributed by atoms with van der Waals surface area (Å²) in [4.78, 5) is 8.97. The van der Waals surface area contributed by atoms with E-state index < -0.39 is 0 Å². The zero-order chi connectivity index (χ0) is 14.3. The van der Waals surface area contributed by atoms with Gasteiger partial charge in [-0.15, -0.1) is 10.2 Å². The summed E-state index contributed by atoms with van der Waals surface area (Å²) < 4.78 is 1.89. The molecule has 0 aliphatic heterocycles. The van der Waals surface area contributed by atoms with E-state index in [9.17, 15) is 0 Å². The molecule has 106 valence electrons. The average molecular weight is 293 g/mol. The van der Waals surface area contributed by atoms with Crippen molar-refractivity contribution < 1.29 is 0 Å². The quantitative estimate of drug-likeness (QED) is 0.877. The summed E-state index contributed by atoms with van der Waals surface area (Å²) in [6.45, 7) is 3.95. The van der Waals surface area contributed by atoms with Crippen molar-refractivity contribution in [2.24, 2.45) is 7.05 Å². The van der Waals surface area contributed by atoms with E-state index in [1.165, 1.54) is 0 Å². The van der Waals surface area contributed by atoms with Gasteiger partial charge in [-0.05, 0) is 26.7 Å². The van der Waals surface area contributed by atoms with Gasteiger partial charge in [0.2, 0.25) is 0 Å². The topological polar surface area (TPSA) is 68.5 Å². The van der Waals surface area contributed by atoms with Crippen molar-refractivity contribution in [3.8, 4) is 0 Å². The van der Waals surface area contributed by atoms with Gasteiger partial charge in [0.25, 0.3) is 0 Å². The fourth-order valence-corrected chi connectivity index (χ4v) is 2.30. The lowest BCUT2D eigenvalue weighted by Crippen LogP contribution is -2.14. The van der Waals surface area contributed by atoms with E-state index in [2.05, 4.69) is 25.5 Å². The van der Waals surface area contributed by atoms with Crippen LogP contribution in [0.4, 0.5) is 5.82 Å². The number of rotatable bonds is 4. The monoisotopic (exact) mass is 292 g/mol. The van der Waals surface area contributed by atoms with Crippen molar-refractivity contribution in [3.63, 3.8) is 0 Å². The van der Waals surface area contributed by atoms with Crippen molar-refractivity contribution >= 4 is 17.4 Å². The lowest BCUT2D eigenvalue weighted by atomic mass is 10.2. The fourth-order valence-electron chi connectivity index (χ4n) is 2.12. The highest BCUT2D eigenvalue weighted by molar-refractivity contribution is 6.30. The fraction of sp³-hybridized carbons (Fsp3) is 0.538. The predicted octanol–water partition coefficient (Wildman–Crippen LogP) is 2.62. The second-order valence-electron chi connectivity index (χ2n) is 5.29. The van der Waals surface area contributed by atoms with Gasteiger partial charge >= 0.3 is 0 Å². The number of anilines is 1. The van der Waals surface area contributed by atoms with Crippen LogP contribution in [0.1, 0.15) is 48.9 Å². The summed E-state index contributed by atoms with van der Waals surface area (Å²) in [5, 5.41) is 11.9. The van der Waals surface area contributed by atoms with Gasteiger partial charge in [-0.3, -0.25) is 0 Å². The molecular weight excluding hydrogens is 276 g/mol. The van der Waals surface area contributed by atoms with Gasteiger partial charge in [-0.25, -0.2) is 9.97 Å². The Labute approximate surface area is 122 Å². The molecule has 1 saturated carbocycles. The average Bonchev–Trinajstić information content (AvgIpc) is 3.17. The number of halogens is 1. The first-order chi connectivity index (χ1) is 9.56. The highest BCUT2D eigenvalue weighted by atomic mass is 35.5. The molecule has 2 heterocycles. The maximum absolute atomic E-state index is 6.21. The van der Waals surface area contributed by atoms with Crippen LogP contribution in [0.2, 0.25) is 5.15 Å². The van der Waals surface area contributed by atoms with Gasteiger partial charge < -0.3 is 9.88 Å². The third-order valence-electron chi connectivity index (χ3n) is 3.53. The molecular formula is C13H17ClN6. The van der Waals surface area contributed by atoms with Gasteiger partial charge in [0, 0.05) is 18.5 Å². The van der Waals surface area contributed by atoms with Crippen LogP contribution in [0.3, 0.4) is 0 Å². The molecule has 1 aliphatic rings. The van der Waals surface area contributed by atoms with E-state index in [1.54, 1.807) is 6.33 Å². The summed E-state index contributed by atoms with van der Waals surface area (Å²) in [5.74, 6) is 2.95. The van der Waals surface area contributed by atoms with Gasteiger partial charge in [0.05, 0.1) is 6.04 Å². The minimum Gasteiger partial charge on any atom is -0.360 e. The van der Waals surface area contributed by atoms with Crippen molar-refractivity contribution in [1.29, 1.82) is 0 Å². The first kappa shape index (κ1) is 13.3. The Balaban J connectivity index is 1.88. The summed E-state index contributed by atoms with van der Waals surface area (Å²) in [6, 6.07) is -0.000722. The number of aromatic nitrogens is 5. The van der Waals surface area contributed by atoms with E-state index in [4.69, 9.17) is 11.6 Å². The number of nitrogens with zero attached hydrogens (tertiary/aromatic N) is 5. The summed E-state index contributed by atoms with van der Waals surface area (Å²) >= 11 is 6.21. The standard InChI is InChI=1S/C13H17ClN6/c1-7-10(14)17-12(9-4-5-9)18-11(7)16-8(2)13-19-15-6-20(13)3/h6,8-9H,4-5H2,1-3H3,(H,16,17,18). The van der Waals surface area contributed by atoms with Crippen molar-refractivity contribution in [2.45, 2.75) is 38.6 Å². The third kappa shape index (κ3) is 2.47. The van der Waals surface area contributed by atoms with Crippen molar-refractivity contribution in [3.05, 3.63) is 28.7 Å². The van der Waals surface area contributed by atoms with Crippen LogP contribution in [0.5, 0.6) is 0 Å². The van der Waals surface area contributed by atoms with E-state index in [-0.39, 0.29) is 6.04 Å². The van der Waals surface area contributed by atoms with Crippen LogP contribution in [0, 0.1) is 6.92 Å². The Kier molecular flexibility index (Phi) is 3.33. The molecule has 0 amide bonds. The largest absolute Gasteiger partial charge is 0.360 e. The van der Waals surface area contributed by atoms with Crippen molar-refractivity contribution in [1.82, 2.24) is 24.7 Å². The second kappa shape index (κ2) is 5.01. The molecule has 2 aromatic heterocycles. The van der Waals surface area contributed by atoms with Crippen molar-refractivity contribution in [2.75, 3.05) is 5.32 Å². The van der Waals surface area contributed by atoms with Crippen LogP contribution in [-0.4, -0.2) is 24.7 Å². The molecule has 1 aliphatic carbocycles. The minimum atomic E-state index is -0.000722. The Morgan fingerprint density at radius 2 is 2.15 bits per heavy atom. The molecule has 0 aromatic carbocycles. The smallest absolute Gasteiger partial charge is 0.154 e. The minimum absolute atomic E-state index is 0.000722. The summed E-state index contributed by atoms with van der Waals surface area (Å²) in [5.41, 5.74) is 0.866. The maximum atomic E-state index is 6.21. The molecule has 3 rings (SSSR count). The van der Waals surface area contributed by atoms with E-state index in [0.29, 0.717) is 11.1 Å². The van der Waals surface area contributed by atoms with E-state index >= 15 is 0 Å². The zero-order valence-electron chi connectivity index (χ0n) is 11.8. The molecule has 0 spiro atoms. The van der Waals surface area contributed by atoms with Gasteiger partial charge in [0.1, 0.15) is 23.1 Å². The lowest BCUT2D eigenvalue weighted by Gasteiger charge is -2.16. The van der Waals surface area contributed by atoms with Crippen LogP contribution >= 0.6 is 11.6 Å². The first-order valence-electron chi connectivity index (χ1n) is 6.70. The van der Waals surface area contributed by atoms with Crippen LogP contribution in [0.15, 0.2) is 6.33 Å². The first-order valence-corrected chi connectivity index (χ1v) is 7.08. The second-order valence-corrected chi connectivity index (χ2v) is 5.64. The predicted molar refractivity (Wildman–Crippen MR) is 76.8 cm³/mol. The number of hydrogen-bond acceptors (Lipinski definition) is 5. The third-order valence-corrected chi connectivity index (χ3v) is 3.90. The molecule has 6 nitrogen and oxygen atoms in total. The van der Waals surface area contributed by atoms with E-state index in [1.807, 2.05) is 25.5 Å². The van der Waals surface area contributed by atoms with E-state index in [0.717, 1.165) is 35.9 Å². The molecule has 2 aromatic rings. The number of nitrogens with one attached hydrogen (secondary N) is 1. The highest BCUT2D eigenvalue weighted by Gasteiger charge is 2.28. The molecule has 1 atom stereocenters. The Morgan fingerprint density at radius 1 is 1.40 bits per heavy atom. The lowest BCUT2D eigenvalue weighted by molar-refractivity contribution is 0.713. The number of aryl methyl sites for hydroxylation is 1. The zero-order valence-corrected chi connectivity index (χ0v) is 12.5. The Hall–Kier alpha value is -1.69. The summed E-state index contributed by atoms with van der Waals surface area (Å²) in [7, 11) is 1.92. The Bertz CT molecular complexity index is 634. The molecule has 7 heteroatoms. The molecule has 0 saturated heterocycles. The molecule has 1 unspecified atom stereocenters. The van der Waals surface area contributed by atoms with Crippen LogP contribution in [-0.2, 0) is 7.05 Å². The molecule has 0 bridgehead atoms. The van der Waals surface area contributed by atoms with Gasteiger partial charge in [0.15, 0.2) is 5.82 Å². The van der Waals surface area contributed by atoms with Crippen LogP contribution < -0.4 is 5.32 Å². The molecule has 1 N–H and O–H groups in total. The number of hydrogen-bond donors (Lipinski definition) is 1. The normalized spacial score (nSPS) is 16.2.